The Morgan fingerprint density at radius 3 is 2.30 bits per heavy atom. The largest absolute Gasteiger partial charge is 0.491 e. The molecule has 1 unspecified atom stereocenters. The number of aliphatic imine (C=N–C) groups is 2. The van der Waals surface area contributed by atoms with Gasteiger partial charge in [0.05, 0.1) is 6.61 Å². The van der Waals surface area contributed by atoms with Crippen molar-refractivity contribution in [3.05, 3.63) is 29.8 Å². The second-order valence-corrected chi connectivity index (χ2v) is 4.52. The van der Waals surface area contributed by atoms with Crippen LogP contribution in [0.15, 0.2) is 34.3 Å². The predicted molar refractivity (Wildman–Crippen MR) is 66.4 cm³/mol. The fourth-order valence-corrected chi connectivity index (χ4v) is 1.91. The smallest absolute Gasteiger partial charge is 0.438 e. The molecule has 0 saturated carbocycles. The van der Waals surface area contributed by atoms with Crippen molar-refractivity contribution >= 4 is 12.4 Å². The molecule has 0 spiro atoms. The molecule has 0 aliphatic carbocycles. The molecule has 4 nitrogen and oxygen atoms in total. The van der Waals surface area contributed by atoms with Crippen molar-refractivity contribution in [2.24, 2.45) is 9.98 Å². The zero-order chi connectivity index (χ0) is 14.2. The van der Waals surface area contributed by atoms with Crippen molar-refractivity contribution in [1.82, 2.24) is 0 Å². The summed E-state index contributed by atoms with van der Waals surface area (Å²) in [6.07, 6.45) is -2.37. The van der Waals surface area contributed by atoms with E-state index in [-0.39, 0.29) is 11.7 Å². The lowest BCUT2D eigenvalue weighted by Crippen LogP contribution is -2.37. The Bertz CT molecular complexity index is 536. The highest BCUT2D eigenvalue weighted by Gasteiger charge is 2.57. The lowest BCUT2D eigenvalue weighted by atomic mass is 10.0. The fourth-order valence-electron chi connectivity index (χ4n) is 1.91. The van der Waals surface area contributed by atoms with Crippen molar-refractivity contribution < 1.29 is 22.6 Å². The average molecular weight is 284 g/mol. The van der Waals surface area contributed by atoms with Crippen molar-refractivity contribution in [3.63, 3.8) is 0 Å². The summed E-state index contributed by atoms with van der Waals surface area (Å²) in [6, 6.07) is 5.62. The third-order valence-electron chi connectivity index (χ3n) is 3.08. The second-order valence-electron chi connectivity index (χ2n) is 4.52. The first-order chi connectivity index (χ1) is 9.51. The third-order valence-corrected chi connectivity index (χ3v) is 3.08. The van der Waals surface area contributed by atoms with Gasteiger partial charge < -0.3 is 9.47 Å². The molecule has 1 aromatic carbocycles. The quantitative estimate of drug-likeness (QED) is 0.797. The minimum Gasteiger partial charge on any atom is -0.491 e. The number of alkyl halides is 3. The number of ether oxygens (including phenoxy) is 2. The molecule has 20 heavy (non-hydrogen) atoms. The minimum atomic E-state index is -4.58. The maximum absolute atomic E-state index is 13.2. The lowest BCUT2D eigenvalue weighted by molar-refractivity contribution is -0.185. The number of benzene rings is 1. The number of halogens is 3. The van der Waals surface area contributed by atoms with Crippen molar-refractivity contribution in [1.29, 1.82) is 0 Å². The van der Waals surface area contributed by atoms with Crippen molar-refractivity contribution in [2.45, 2.75) is 17.9 Å². The van der Waals surface area contributed by atoms with Crippen LogP contribution >= 0.6 is 0 Å². The Morgan fingerprint density at radius 2 is 1.80 bits per heavy atom. The maximum atomic E-state index is 13.2. The summed E-state index contributed by atoms with van der Waals surface area (Å²) in [4.78, 5) is 6.98. The first kappa shape index (κ1) is 13.1. The van der Waals surface area contributed by atoms with Gasteiger partial charge >= 0.3 is 6.18 Å². The number of rotatable bonds is 4. The molecule has 0 aromatic heterocycles. The molecule has 1 fully saturated rings. The fraction of sp³-hybridized carbons (Fsp3) is 0.385. The lowest BCUT2D eigenvalue weighted by Gasteiger charge is -2.26. The molecule has 0 radical (unpaired) electrons. The molecular formula is C13H11F3N2O2. The summed E-state index contributed by atoms with van der Waals surface area (Å²) < 4.78 is 49.9. The van der Waals surface area contributed by atoms with Crippen molar-refractivity contribution in [3.8, 4) is 5.75 Å². The Kier molecular flexibility index (Phi) is 3.01. The van der Waals surface area contributed by atoms with Crippen LogP contribution in [0, 0.1) is 0 Å². The molecule has 2 aliphatic heterocycles. The second kappa shape index (κ2) is 4.59. The van der Waals surface area contributed by atoms with E-state index in [0.717, 1.165) is 12.4 Å². The van der Waals surface area contributed by atoms with Gasteiger partial charge in [0, 0.05) is 18.0 Å². The highest BCUT2D eigenvalue weighted by Crippen LogP contribution is 2.44. The van der Waals surface area contributed by atoms with Crippen LogP contribution in [0.5, 0.6) is 5.75 Å². The molecule has 1 atom stereocenters. The molecule has 2 heterocycles. The van der Waals surface area contributed by atoms with E-state index >= 15 is 0 Å². The molecule has 0 N–H and O–H groups in total. The highest BCUT2D eigenvalue weighted by molar-refractivity contribution is 6.17. The first-order valence-corrected chi connectivity index (χ1v) is 6.02. The number of hydrogen-bond acceptors (Lipinski definition) is 4. The van der Waals surface area contributed by atoms with Gasteiger partial charge in [0.2, 0.25) is 0 Å². The van der Waals surface area contributed by atoms with E-state index in [2.05, 4.69) is 9.98 Å². The van der Waals surface area contributed by atoms with Crippen LogP contribution in [0.1, 0.15) is 5.56 Å². The Balaban J connectivity index is 1.81. The van der Waals surface area contributed by atoms with Gasteiger partial charge in [0.1, 0.15) is 18.5 Å². The van der Waals surface area contributed by atoms with Crippen LogP contribution in [-0.4, -0.2) is 37.9 Å². The summed E-state index contributed by atoms with van der Waals surface area (Å²) in [7, 11) is 0. The first-order valence-electron chi connectivity index (χ1n) is 6.02. The van der Waals surface area contributed by atoms with Gasteiger partial charge in [-0.25, -0.2) is 9.98 Å². The van der Waals surface area contributed by atoms with E-state index in [1.54, 1.807) is 0 Å². The SMILES string of the molecule is FC(F)(F)C1(c2ccc(OCC3CO3)cc2)N=CC=N1. The normalized spacial score (nSPS) is 23.1. The van der Waals surface area contributed by atoms with Crippen LogP contribution in [0.25, 0.3) is 0 Å². The van der Waals surface area contributed by atoms with Crippen molar-refractivity contribution in [2.75, 3.05) is 13.2 Å². The van der Waals surface area contributed by atoms with Gasteiger partial charge in [-0.2, -0.15) is 13.2 Å². The van der Waals surface area contributed by atoms with Crippen LogP contribution < -0.4 is 4.74 Å². The van der Waals surface area contributed by atoms with E-state index in [1.807, 2.05) is 0 Å². The van der Waals surface area contributed by atoms with E-state index in [4.69, 9.17) is 9.47 Å². The molecule has 1 saturated heterocycles. The van der Waals surface area contributed by atoms with Gasteiger partial charge in [-0.1, -0.05) is 12.1 Å². The Hall–Kier alpha value is -1.89. The van der Waals surface area contributed by atoms with Gasteiger partial charge in [-0.05, 0) is 12.1 Å². The number of hydrogen-bond donors (Lipinski definition) is 0. The molecule has 2 aliphatic rings. The minimum absolute atomic E-state index is 0.0370. The molecule has 3 rings (SSSR count). The van der Waals surface area contributed by atoms with E-state index in [0.29, 0.717) is 19.0 Å². The van der Waals surface area contributed by atoms with Gasteiger partial charge in [0.15, 0.2) is 0 Å². The zero-order valence-corrected chi connectivity index (χ0v) is 10.3. The van der Waals surface area contributed by atoms with Gasteiger partial charge in [-0.3, -0.25) is 0 Å². The standard InChI is InChI=1S/C13H11F3N2O2/c14-13(15,16)12(17-5-6-18-12)9-1-3-10(4-2-9)19-7-11-8-20-11/h1-6,11H,7-8H2. The van der Waals surface area contributed by atoms with Gasteiger partial charge in [-0.15, -0.1) is 0 Å². The molecule has 7 heteroatoms. The molecule has 0 amide bonds. The summed E-state index contributed by atoms with van der Waals surface area (Å²) in [6.45, 7) is 1.07. The van der Waals surface area contributed by atoms with Gasteiger partial charge in [0.25, 0.3) is 5.66 Å². The zero-order valence-electron chi connectivity index (χ0n) is 10.3. The predicted octanol–water partition coefficient (Wildman–Crippen LogP) is 2.33. The third kappa shape index (κ3) is 2.29. The molecule has 106 valence electrons. The summed E-state index contributed by atoms with van der Waals surface area (Å²) in [5.41, 5.74) is -2.56. The topological polar surface area (TPSA) is 46.5 Å². The van der Waals surface area contributed by atoms with Crippen LogP contribution in [0.3, 0.4) is 0 Å². The summed E-state index contributed by atoms with van der Waals surface area (Å²) >= 11 is 0. The Labute approximate surface area is 112 Å². The molecule has 0 bridgehead atoms. The Morgan fingerprint density at radius 1 is 1.20 bits per heavy atom. The monoisotopic (exact) mass is 284 g/mol. The van der Waals surface area contributed by atoms with Crippen LogP contribution in [0.4, 0.5) is 13.2 Å². The number of nitrogens with zero attached hydrogens (tertiary/aromatic N) is 2. The summed E-state index contributed by atoms with van der Waals surface area (Å²) in [5.74, 6) is 0.493. The van der Waals surface area contributed by atoms with E-state index in [9.17, 15) is 13.2 Å². The van der Waals surface area contributed by atoms with Crippen LogP contribution in [-0.2, 0) is 10.4 Å². The highest BCUT2D eigenvalue weighted by atomic mass is 19.4. The molecular weight excluding hydrogens is 273 g/mol. The van der Waals surface area contributed by atoms with E-state index in [1.165, 1.54) is 24.3 Å². The van der Waals surface area contributed by atoms with E-state index < -0.39 is 11.8 Å². The average Bonchev–Trinajstić information content (AvgIpc) is 3.10. The van der Waals surface area contributed by atoms with Crippen LogP contribution in [0.2, 0.25) is 0 Å². The maximum Gasteiger partial charge on any atom is 0.438 e. The molecule has 1 aromatic rings. The number of epoxide rings is 1. The summed E-state index contributed by atoms with van der Waals surface area (Å²) in [5, 5.41) is 0.